The summed E-state index contributed by atoms with van der Waals surface area (Å²) < 4.78 is 27.5. The monoisotopic (exact) mass is 412 g/mol. The van der Waals surface area contributed by atoms with Crippen LogP contribution in [0, 0.1) is 11.3 Å². The maximum Gasteiger partial charge on any atom is 0.290 e. The van der Waals surface area contributed by atoms with Crippen LogP contribution in [0.15, 0.2) is 59.6 Å². The van der Waals surface area contributed by atoms with Crippen LogP contribution in [-0.2, 0) is 14.8 Å². The summed E-state index contributed by atoms with van der Waals surface area (Å²) in [7, 11) is -3.77. The summed E-state index contributed by atoms with van der Waals surface area (Å²) >= 11 is 0. The zero-order chi connectivity index (χ0) is 20.9. The fourth-order valence-corrected chi connectivity index (χ4v) is 4.65. The minimum absolute atomic E-state index is 0.113. The van der Waals surface area contributed by atoms with Crippen molar-refractivity contribution in [2.75, 3.05) is 31.1 Å². The van der Waals surface area contributed by atoms with E-state index < -0.39 is 10.0 Å². The molecule has 8 nitrogen and oxygen atoms in total. The number of fused-ring (bicyclic) bond motifs is 1. The van der Waals surface area contributed by atoms with Crippen LogP contribution in [0.3, 0.4) is 0 Å². The Morgan fingerprint density at radius 1 is 1.10 bits per heavy atom. The van der Waals surface area contributed by atoms with E-state index >= 15 is 0 Å². The smallest absolute Gasteiger partial charge is 0.290 e. The second-order valence-corrected chi connectivity index (χ2v) is 8.16. The van der Waals surface area contributed by atoms with Crippen molar-refractivity contribution in [1.29, 1.82) is 5.26 Å². The highest BCUT2D eigenvalue weighted by Crippen LogP contribution is 2.27. The van der Waals surface area contributed by atoms with E-state index in [2.05, 4.69) is 10.2 Å². The van der Waals surface area contributed by atoms with Crippen molar-refractivity contribution in [3.63, 3.8) is 0 Å². The molecule has 2 aromatic carbocycles. The summed E-state index contributed by atoms with van der Waals surface area (Å²) in [5, 5.41) is 20.1. The van der Waals surface area contributed by atoms with Crippen molar-refractivity contribution in [3.05, 3.63) is 60.3 Å². The van der Waals surface area contributed by atoms with Crippen molar-refractivity contribution in [3.8, 4) is 6.07 Å². The molecule has 4 rings (SSSR count). The second-order valence-electron chi connectivity index (χ2n) is 6.34. The van der Waals surface area contributed by atoms with Crippen LogP contribution in [0.25, 0.3) is 10.9 Å². The van der Waals surface area contributed by atoms with Gasteiger partial charge in [-0.1, -0.05) is 12.1 Å². The molecule has 0 saturated carbocycles. The third-order valence-corrected chi connectivity index (χ3v) is 6.33. The summed E-state index contributed by atoms with van der Waals surface area (Å²) in [4.78, 5) is 10.7. The van der Waals surface area contributed by atoms with Crippen LogP contribution in [0.2, 0.25) is 0 Å². The van der Waals surface area contributed by atoms with Crippen molar-refractivity contribution in [2.24, 2.45) is 0 Å². The number of carbonyl (C=O) groups is 1. The first-order valence-corrected chi connectivity index (χ1v) is 10.4. The number of anilines is 1. The van der Waals surface area contributed by atoms with Gasteiger partial charge in [-0.05, 0) is 36.4 Å². The van der Waals surface area contributed by atoms with E-state index in [-0.39, 0.29) is 11.4 Å². The van der Waals surface area contributed by atoms with Gasteiger partial charge < -0.3 is 15.3 Å². The molecule has 0 radical (unpaired) electrons. The first-order chi connectivity index (χ1) is 14.0. The van der Waals surface area contributed by atoms with Gasteiger partial charge in [0.1, 0.15) is 0 Å². The lowest BCUT2D eigenvalue weighted by Gasteiger charge is -2.29. The topological polar surface area (TPSA) is 115 Å². The third kappa shape index (κ3) is 4.23. The minimum Gasteiger partial charge on any atom is -0.483 e. The molecule has 0 aliphatic carbocycles. The average Bonchev–Trinajstić information content (AvgIpc) is 3.19. The largest absolute Gasteiger partial charge is 0.483 e. The van der Waals surface area contributed by atoms with Crippen molar-refractivity contribution in [2.45, 2.75) is 4.90 Å². The first kappa shape index (κ1) is 20.4. The fraction of sp³-hybridized carbons (Fsp3) is 0.200. The molecule has 1 aromatic heterocycles. The van der Waals surface area contributed by atoms with E-state index in [1.807, 2.05) is 24.3 Å². The van der Waals surface area contributed by atoms with E-state index in [9.17, 15) is 8.42 Å². The van der Waals surface area contributed by atoms with Gasteiger partial charge in [-0.3, -0.25) is 4.79 Å². The van der Waals surface area contributed by atoms with Crippen molar-refractivity contribution in [1.82, 2.24) is 9.29 Å². The normalized spacial score (nSPS) is 14.0. The van der Waals surface area contributed by atoms with Gasteiger partial charge in [0.05, 0.1) is 22.0 Å². The Balaban J connectivity index is 0.000000755. The summed E-state index contributed by atoms with van der Waals surface area (Å²) in [5.41, 5.74) is 1.98. The Kier molecular flexibility index (Phi) is 6.16. The Bertz CT molecular complexity index is 1160. The molecule has 3 aromatic rings. The molecule has 2 heterocycles. The number of hydrogen-bond acceptors (Lipinski definition) is 6. The molecule has 1 saturated heterocycles. The fourth-order valence-electron chi connectivity index (χ4n) is 3.26. The molecule has 1 aliphatic heterocycles. The molecule has 0 atom stereocenters. The molecule has 0 amide bonds. The number of rotatable bonds is 3. The Morgan fingerprint density at radius 3 is 2.52 bits per heavy atom. The summed E-state index contributed by atoms with van der Waals surface area (Å²) in [5.74, 6) is 0. The van der Waals surface area contributed by atoms with Crippen LogP contribution in [0.5, 0.6) is 0 Å². The molecule has 29 heavy (non-hydrogen) atoms. The number of aromatic nitrogens is 1. The zero-order valence-corrected chi connectivity index (χ0v) is 16.3. The molecule has 0 bridgehead atoms. The molecule has 150 valence electrons. The van der Waals surface area contributed by atoms with Crippen LogP contribution in [-0.4, -0.2) is 50.1 Å². The maximum atomic E-state index is 13.1. The Morgan fingerprint density at radius 2 is 1.83 bits per heavy atom. The number of nitrogens with one attached hydrogen (secondary N) is 1. The molecule has 2 N–H and O–H groups in total. The van der Waals surface area contributed by atoms with Gasteiger partial charge in [-0.25, -0.2) is 12.4 Å². The van der Waals surface area contributed by atoms with Crippen molar-refractivity contribution < 1.29 is 18.3 Å². The lowest BCUT2D eigenvalue weighted by molar-refractivity contribution is -0.122. The van der Waals surface area contributed by atoms with Crippen LogP contribution >= 0.6 is 0 Å². The number of carboxylic acid groups (broad SMARTS) is 1. The van der Waals surface area contributed by atoms with Gasteiger partial charge in [-0.2, -0.15) is 5.26 Å². The average molecular weight is 412 g/mol. The number of hydrogen-bond donors (Lipinski definition) is 2. The number of nitrogens with zero attached hydrogens (tertiary/aromatic N) is 3. The summed E-state index contributed by atoms with van der Waals surface area (Å²) in [6, 6.07) is 15.8. The Labute approximate surface area is 168 Å². The maximum absolute atomic E-state index is 13.1. The highest BCUT2D eigenvalue weighted by atomic mass is 32.2. The summed E-state index contributed by atoms with van der Waals surface area (Å²) in [6.45, 7) is 3.36. The minimum atomic E-state index is -3.77. The Hall–Kier alpha value is -3.35. The zero-order valence-electron chi connectivity index (χ0n) is 15.5. The van der Waals surface area contributed by atoms with Crippen LogP contribution < -0.4 is 10.2 Å². The molecular weight excluding hydrogens is 392 g/mol. The van der Waals surface area contributed by atoms with Gasteiger partial charge in [0.25, 0.3) is 16.5 Å². The first-order valence-electron chi connectivity index (χ1n) is 8.91. The van der Waals surface area contributed by atoms with Gasteiger partial charge in [0.2, 0.25) is 0 Å². The quantitative estimate of drug-likeness (QED) is 0.631. The highest BCUT2D eigenvalue weighted by molar-refractivity contribution is 7.90. The van der Waals surface area contributed by atoms with Gasteiger partial charge >= 0.3 is 0 Å². The van der Waals surface area contributed by atoms with Gasteiger partial charge in [0.15, 0.2) is 0 Å². The van der Waals surface area contributed by atoms with E-state index in [1.54, 1.807) is 24.4 Å². The SMILES string of the molecule is N#Cc1cccc(S(=O)(=O)n2ccc3ccc(N4CCNCC4)cc32)c1.O=CO. The molecule has 0 spiro atoms. The molecule has 1 fully saturated rings. The van der Waals surface area contributed by atoms with Gasteiger partial charge in [0, 0.05) is 43.4 Å². The molecule has 0 unspecified atom stereocenters. The lowest BCUT2D eigenvalue weighted by atomic mass is 10.2. The standard InChI is InChI=1S/C19H18N4O2S.CH2O2/c20-14-15-2-1-3-18(12-15)26(24,25)23-9-6-16-4-5-17(13-19(16)23)22-10-7-21-8-11-22;2-1-3/h1-6,9,12-13,21H,7-8,10-11H2;1H,(H,2,3). The lowest BCUT2D eigenvalue weighted by Crippen LogP contribution is -2.43. The summed E-state index contributed by atoms with van der Waals surface area (Å²) in [6.07, 6.45) is 1.57. The van der Waals surface area contributed by atoms with Gasteiger partial charge in [-0.15, -0.1) is 0 Å². The number of piperazine rings is 1. The number of nitriles is 1. The van der Waals surface area contributed by atoms with Crippen LogP contribution in [0.4, 0.5) is 5.69 Å². The number of benzene rings is 2. The third-order valence-electron chi connectivity index (χ3n) is 4.64. The second kappa shape index (κ2) is 8.77. The van der Waals surface area contributed by atoms with E-state index in [1.165, 1.54) is 16.1 Å². The molecule has 1 aliphatic rings. The van der Waals surface area contributed by atoms with Crippen LogP contribution in [0.1, 0.15) is 5.56 Å². The predicted molar refractivity (Wildman–Crippen MR) is 109 cm³/mol. The van der Waals surface area contributed by atoms with E-state index in [0.29, 0.717) is 11.1 Å². The van der Waals surface area contributed by atoms with E-state index in [4.69, 9.17) is 15.2 Å². The van der Waals surface area contributed by atoms with Crippen molar-refractivity contribution >= 4 is 33.1 Å². The predicted octanol–water partition coefficient (Wildman–Crippen LogP) is 1.86. The van der Waals surface area contributed by atoms with E-state index in [0.717, 1.165) is 37.3 Å². The highest BCUT2D eigenvalue weighted by Gasteiger charge is 2.20. The molecular formula is C20H20N4O4S. The molecule has 9 heteroatoms.